The predicted octanol–water partition coefficient (Wildman–Crippen LogP) is 3.51. The Balaban J connectivity index is 2.35. The van der Waals surface area contributed by atoms with E-state index in [1.165, 1.54) is 18.2 Å². The summed E-state index contributed by atoms with van der Waals surface area (Å²) in [5, 5.41) is 10.6. The van der Waals surface area contributed by atoms with E-state index in [1.807, 2.05) is 5.32 Å². The number of nitrogens with one attached hydrogen (secondary N) is 1. The van der Waals surface area contributed by atoms with E-state index in [0.29, 0.717) is 12.1 Å². The van der Waals surface area contributed by atoms with Crippen LogP contribution in [0.2, 0.25) is 0 Å². The van der Waals surface area contributed by atoms with E-state index in [4.69, 9.17) is 5.26 Å². The highest BCUT2D eigenvalue weighted by Crippen LogP contribution is 2.34. The van der Waals surface area contributed by atoms with Crippen molar-refractivity contribution < 1.29 is 48.0 Å². The minimum absolute atomic E-state index is 0.631. The van der Waals surface area contributed by atoms with Gasteiger partial charge in [-0.15, -0.1) is 0 Å². The fraction of sp³-hybridized carbons (Fsp3) is 0.364. The third-order valence-electron chi connectivity index (χ3n) is 5.02. The van der Waals surface area contributed by atoms with Crippen LogP contribution >= 0.6 is 0 Å². The van der Waals surface area contributed by atoms with Crippen molar-refractivity contribution >= 4 is 25.6 Å². The maximum atomic E-state index is 13.3. The predicted molar refractivity (Wildman–Crippen MR) is 120 cm³/mol. The number of sulfone groups is 2. The first kappa shape index (κ1) is 30.1. The van der Waals surface area contributed by atoms with Crippen molar-refractivity contribution in [3.8, 4) is 6.07 Å². The molecule has 0 bridgehead atoms. The molecule has 0 aliphatic heterocycles. The molecule has 202 valence electrons. The van der Waals surface area contributed by atoms with Gasteiger partial charge in [-0.3, -0.25) is 4.79 Å². The molecule has 0 atom stereocenters. The van der Waals surface area contributed by atoms with Crippen LogP contribution in [0, 0.1) is 17.2 Å². The Hall–Kier alpha value is -3.12. The van der Waals surface area contributed by atoms with Crippen LogP contribution < -0.4 is 5.32 Å². The highest BCUT2D eigenvalue weighted by molar-refractivity contribution is 7.91. The number of benzene rings is 2. The second kappa shape index (κ2) is 11.5. The van der Waals surface area contributed by atoms with Gasteiger partial charge in [-0.1, -0.05) is 36.4 Å². The molecular weight excluding hydrogens is 550 g/mol. The number of halogens is 6. The quantitative estimate of drug-likeness (QED) is 0.345. The van der Waals surface area contributed by atoms with Crippen LogP contribution in [-0.2, 0) is 48.3 Å². The minimum atomic E-state index is -4.88. The molecule has 0 saturated carbocycles. The number of hydrogen-bond donors (Lipinski definition) is 1. The molecule has 0 aliphatic carbocycles. The van der Waals surface area contributed by atoms with Gasteiger partial charge in [0.25, 0.3) is 0 Å². The van der Waals surface area contributed by atoms with Crippen molar-refractivity contribution in [3.05, 3.63) is 70.8 Å². The van der Waals surface area contributed by atoms with Crippen molar-refractivity contribution in [2.45, 2.75) is 23.9 Å². The van der Waals surface area contributed by atoms with Gasteiger partial charge in [0, 0.05) is 0 Å². The third-order valence-corrected chi connectivity index (χ3v) is 8.34. The van der Waals surface area contributed by atoms with Crippen LogP contribution in [0.1, 0.15) is 22.3 Å². The van der Waals surface area contributed by atoms with E-state index in [9.17, 15) is 48.0 Å². The first-order valence-corrected chi connectivity index (χ1v) is 13.9. The van der Waals surface area contributed by atoms with Gasteiger partial charge in [0.1, 0.15) is 6.54 Å². The summed E-state index contributed by atoms with van der Waals surface area (Å²) in [6.45, 7) is -0.636. The number of nitriles is 1. The number of rotatable bonds is 10. The van der Waals surface area contributed by atoms with E-state index < -0.39 is 95.7 Å². The van der Waals surface area contributed by atoms with E-state index in [-0.39, 0.29) is 0 Å². The maximum Gasteiger partial charge on any atom is 0.416 e. The number of nitrogens with zero attached hydrogens (tertiary/aromatic N) is 1. The number of carbonyl (C=O) groups excluding carboxylic acids is 1. The zero-order valence-electron chi connectivity index (χ0n) is 18.8. The summed E-state index contributed by atoms with van der Waals surface area (Å²) in [5.41, 5.74) is -3.73. The zero-order chi connectivity index (χ0) is 28.1. The van der Waals surface area contributed by atoms with E-state index in [0.717, 1.165) is 24.3 Å². The van der Waals surface area contributed by atoms with Gasteiger partial charge < -0.3 is 5.32 Å². The van der Waals surface area contributed by atoms with Crippen LogP contribution in [-0.4, -0.2) is 40.8 Å². The lowest BCUT2D eigenvalue weighted by atomic mass is 10.1. The van der Waals surface area contributed by atoms with Crippen molar-refractivity contribution in [2.24, 2.45) is 5.92 Å². The Labute approximate surface area is 208 Å². The summed E-state index contributed by atoms with van der Waals surface area (Å²) in [6, 6.07) is 9.09. The van der Waals surface area contributed by atoms with Crippen LogP contribution in [0.4, 0.5) is 26.3 Å². The Morgan fingerprint density at radius 2 is 1.16 bits per heavy atom. The summed E-state index contributed by atoms with van der Waals surface area (Å²) < 4.78 is 130. The Morgan fingerprint density at radius 1 is 0.784 bits per heavy atom. The topological polar surface area (TPSA) is 121 Å². The molecule has 0 heterocycles. The molecule has 37 heavy (non-hydrogen) atoms. The molecule has 0 aromatic heterocycles. The molecule has 0 spiro atoms. The standard InChI is InChI=1S/C22H20F6N2O5S2/c23-21(24,25)18-7-3-1-5-15(18)11-36(32,33)13-17(20(31)30-10-9-29)14-37(34,35)12-16-6-2-4-8-19(16)22(26,27)28/h1-8,17H,10-14H2,(H,30,31). The number of amides is 1. The molecule has 0 aliphatic rings. The number of alkyl halides is 6. The lowest BCUT2D eigenvalue weighted by Gasteiger charge is -2.18. The van der Waals surface area contributed by atoms with Gasteiger partial charge in [-0.25, -0.2) is 16.8 Å². The number of carbonyl (C=O) groups is 1. The summed E-state index contributed by atoms with van der Waals surface area (Å²) in [4.78, 5) is 12.5. The molecule has 2 aromatic rings. The number of hydrogen-bond acceptors (Lipinski definition) is 6. The fourth-order valence-electron chi connectivity index (χ4n) is 3.52. The molecule has 15 heteroatoms. The van der Waals surface area contributed by atoms with E-state index in [1.54, 1.807) is 0 Å². The average molecular weight is 571 g/mol. The van der Waals surface area contributed by atoms with Gasteiger partial charge in [0.2, 0.25) is 5.91 Å². The molecule has 0 saturated heterocycles. The lowest BCUT2D eigenvalue weighted by molar-refractivity contribution is -0.138. The first-order valence-electron chi connectivity index (χ1n) is 10.3. The van der Waals surface area contributed by atoms with E-state index in [2.05, 4.69) is 0 Å². The molecule has 2 aromatic carbocycles. The van der Waals surface area contributed by atoms with Crippen LogP contribution in [0.3, 0.4) is 0 Å². The molecule has 1 amide bonds. The monoisotopic (exact) mass is 570 g/mol. The van der Waals surface area contributed by atoms with Gasteiger partial charge in [0.15, 0.2) is 19.7 Å². The highest BCUT2D eigenvalue weighted by Gasteiger charge is 2.37. The zero-order valence-corrected chi connectivity index (χ0v) is 20.4. The van der Waals surface area contributed by atoms with Crippen molar-refractivity contribution in [1.29, 1.82) is 5.26 Å². The summed E-state index contributed by atoms with van der Waals surface area (Å²) in [7, 11) is -9.10. The largest absolute Gasteiger partial charge is 0.416 e. The second-order valence-corrected chi connectivity index (χ2v) is 12.2. The summed E-state index contributed by atoms with van der Waals surface area (Å²) in [6.07, 6.45) is -9.77. The SMILES string of the molecule is N#CCNC(=O)C(CS(=O)(=O)Cc1ccccc1C(F)(F)F)CS(=O)(=O)Cc1ccccc1C(F)(F)F. The maximum absolute atomic E-state index is 13.3. The van der Waals surface area contributed by atoms with Crippen molar-refractivity contribution in [3.63, 3.8) is 0 Å². The lowest BCUT2D eigenvalue weighted by Crippen LogP contribution is -2.39. The third kappa shape index (κ3) is 9.04. The Bertz CT molecular complexity index is 1290. The van der Waals surface area contributed by atoms with Gasteiger partial charge in [-0.2, -0.15) is 31.6 Å². The van der Waals surface area contributed by atoms with Gasteiger partial charge in [-0.05, 0) is 23.3 Å². The second-order valence-electron chi connectivity index (χ2n) is 7.99. The average Bonchev–Trinajstić information content (AvgIpc) is 2.75. The molecule has 1 N–H and O–H groups in total. The molecule has 0 radical (unpaired) electrons. The first-order chi connectivity index (χ1) is 17.0. The molecule has 2 rings (SSSR count). The van der Waals surface area contributed by atoms with Crippen molar-refractivity contribution in [1.82, 2.24) is 5.32 Å². The summed E-state index contributed by atoms with van der Waals surface area (Å²) >= 11 is 0. The highest BCUT2D eigenvalue weighted by atomic mass is 32.2. The summed E-state index contributed by atoms with van der Waals surface area (Å²) in [5.74, 6) is -7.92. The molecule has 0 unspecified atom stereocenters. The Kier molecular flexibility index (Phi) is 9.37. The van der Waals surface area contributed by atoms with Gasteiger partial charge >= 0.3 is 12.4 Å². The van der Waals surface area contributed by atoms with Crippen LogP contribution in [0.5, 0.6) is 0 Å². The Morgan fingerprint density at radius 3 is 1.51 bits per heavy atom. The molecular formula is C22H20F6N2O5S2. The van der Waals surface area contributed by atoms with Crippen molar-refractivity contribution in [2.75, 3.05) is 18.1 Å². The van der Waals surface area contributed by atoms with Crippen LogP contribution in [0.15, 0.2) is 48.5 Å². The smallest absolute Gasteiger partial charge is 0.343 e. The normalized spacial score (nSPS) is 12.8. The molecule has 0 fully saturated rings. The minimum Gasteiger partial charge on any atom is -0.343 e. The van der Waals surface area contributed by atoms with Gasteiger partial charge in [0.05, 0.1) is 46.1 Å². The van der Waals surface area contributed by atoms with E-state index >= 15 is 0 Å². The fourth-order valence-corrected chi connectivity index (χ4v) is 7.12. The van der Waals surface area contributed by atoms with Crippen LogP contribution in [0.25, 0.3) is 0 Å². The molecule has 7 nitrogen and oxygen atoms in total.